The van der Waals surface area contributed by atoms with E-state index in [2.05, 4.69) is 4.90 Å². The first-order valence-electron chi connectivity index (χ1n) is 4.99. The standard InChI is InChI=1S/C9H19N5O/c1-9(2,7(10)11)14-5-3-13(4-6-14)8(12)15/h3-6H2,1-2H3,(H3,10,11)(H2,12,15). The fraction of sp³-hybridized carbons (Fsp3) is 0.778. The second-order valence-corrected chi connectivity index (χ2v) is 4.29. The third-order valence-corrected chi connectivity index (χ3v) is 3.04. The van der Waals surface area contributed by atoms with E-state index in [9.17, 15) is 4.79 Å². The molecule has 15 heavy (non-hydrogen) atoms. The van der Waals surface area contributed by atoms with E-state index in [4.69, 9.17) is 16.9 Å². The van der Waals surface area contributed by atoms with Crippen molar-refractivity contribution in [2.75, 3.05) is 26.2 Å². The number of nitrogens with one attached hydrogen (secondary N) is 1. The monoisotopic (exact) mass is 213 g/mol. The Hall–Kier alpha value is -1.30. The summed E-state index contributed by atoms with van der Waals surface area (Å²) in [6.07, 6.45) is 0. The largest absolute Gasteiger partial charge is 0.386 e. The summed E-state index contributed by atoms with van der Waals surface area (Å²) in [4.78, 5) is 14.6. The Kier molecular flexibility index (Phi) is 3.18. The Morgan fingerprint density at radius 1 is 1.20 bits per heavy atom. The van der Waals surface area contributed by atoms with E-state index in [1.54, 1.807) is 4.90 Å². The highest BCUT2D eigenvalue weighted by atomic mass is 16.2. The van der Waals surface area contributed by atoms with Crippen LogP contribution < -0.4 is 11.5 Å². The van der Waals surface area contributed by atoms with Crippen LogP contribution in [0, 0.1) is 5.41 Å². The van der Waals surface area contributed by atoms with Gasteiger partial charge in [0.2, 0.25) is 0 Å². The highest BCUT2D eigenvalue weighted by Gasteiger charge is 2.32. The zero-order valence-corrected chi connectivity index (χ0v) is 9.29. The van der Waals surface area contributed by atoms with E-state index in [1.165, 1.54) is 0 Å². The molecule has 0 aromatic heterocycles. The van der Waals surface area contributed by atoms with Gasteiger partial charge in [-0.15, -0.1) is 0 Å². The number of hydrogen-bond donors (Lipinski definition) is 3. The predicted molar refractivity (Wildman–Crippen MR) is 58.7 cm³/mol. The number of carbonyl (C=O) groups is 1. The molecule has 86 valence electrons. The first-order chi connectivity index (χ1) is 6.85. The van der Waals surface area contributed by atoms with E-state index in [1.807, 2.05) is 13.8 Å². The molecule has 0 atom stereocenters. The van der Waals surface area contributed by atoms with Crippen LogP contribution in [-0.4, -0.2) is 53.4 Å². The SMILES string of the molecule is CC(C)(C(=N)N)N1CCN(C(N)=O)CC1. The van der Waals surface area contributed by atoms with Crippen LogP contribution >= 0.6 is 0 Å². The molecule has 0 aromatic rings. The van der Waals surface area contributed by atoms with Crippen molar-refractivity contribution in [1.29, 1.82) is 5.41 Å². The number of amidine groups is 1. The normalized spacial score (nSPS) is 18.9. The molecular weight excluding hydrogens is 194 g/mol. The van der Waals surface area contributed by atoms with E-state index < -0.39 is 5.54 Å². The van der Waals surface area contributed by atoms with Crippen molar-refractivity contribution in [3.63, 3.8) is 0 Å². The maximum atomic E-state index is 10.9. The summed E-state index contributed by atoms with van der Waals surface area (Å²) in [5.41, 5.74) is 10.3. The maximum absolute atomic E-state index is 10.9. The number of carbonyl (C=O) groups excluding carboxylic acids is 1. The molecular formula is C9H19N5O. The minimum atomic E-state index is -0.441. The average Bonchev–Trinajstić information content (AvgIpc) is 2.17. The topological polar surface area (TPSA) is 99.4 Å². The highest BCUT2D eigenvalue weighted by Crippen LogP contribution is 2.16. The molecule has 2 amide bonds. The molecule has 0 aromatic carbocycles. The van der Waals surface area contributed by atoms with Gasteiger partial charge in [-0.1, -0.05) is 0 Å². The molecule has 5 N–H and O–H groups in total. The Bertz CT molecular complexity index is 268. The zero-order valence-electron chi connectivity index (χ0n) is 9.29. The molecule has 1 saturated heterocycles. The lowest BCUT2D eigenvalue weighted by molar-refractivity contribution is 0.0998. The third-order valence-electron chi connectivity index (χ3n) is 3.04. The lowest BCUT2D eigenvalue weighted by Gasteiger charge is -2.42. The smallest absolute Gasteiger partial charge is 0.314 e. The number of hydrogen-bond acceptors (Lipinski definition) is 3. The maximum Gasteiger partial charge on any atom is 0.314 e. The van der Waals surface area contributed by atoms with Crippen LogP contribution in [0.3, 0.4) is 0 Å². The molecule has 6 heteroatoms. The van der Waals surface area contributed by atoms with Gasteiger partial charge in [0.1, 0.15) is 5.84 Å². The van der Waals surface area contributed by atoms with Crippen molar-refractivity contribution in [1.82, 2.24) is 9.80 Å². The average molecular weight is 213 g/mol. The van der Waals surface area contributed by atoms with Crippen LogP contribution in [-0.2, 0) is 0 Å². The molecule has 1 aliphatic rings. The molecule has 0 unspecified atom stereocenters. The van der Waals surface area contributed by atoms with Gasteiger partial charge < -0.3 is 16.4 Å². The Morgan fingerprint density at radius 3 is 2.00 bits per heavy atom. The number of amides is 2. The summed E-state index contributed by atoms with van der Waals surface area (Å²) in [6.45, 7) is 6.44. The second-order valence-electron chi connectivity index (χ2n) is 4.29. The fourth-order valence-electron chi connectivity index (χ4n) is 1.66. The van der Waals surface area contributed by atoms with Gasteiger partial charge in [0.05, 0.1) is 5.54 Å². The first-order valence-corrected chi connectivity index (χ1v) is 4.99. The number of urea groups is 1. The van der Waals surface area contributed by atoms with Gasteiger partial charge in [-0.25, -0.2) is 4.79 Å². The second kappa shape index (κ2) is 4.06. The molecule has 1 aliphatic heterocycles. The van der Waals surface area contributed by atoms with Crippen molar-refractivity contribution in [3.05, 3.63) is 0 Å². The minimum absolute atomic E-state index is 0.148. The van der Waals surface area contributed by atoms with Gasteiger partial charge in [0.25, 0.3) is 0 Å². The van der Waals surface area contributed by atoms with Gasteiger partial charge >= 0.3 is 6.03 Å². The predicted octanol–water partition coefficient (Wildman–Crippen LogP) is -0.603. The molecule has 0 spiro atoms. The molecule has 0 saturated carbocycles. The molecule has 1 rings (SSSR count). The summed E-state index contributed by atoms with van der Waals surface area (Å²) in [6, 6.07) is -0.379. The van der Waals surface area contributed by atoms with Gasteiger partial charge in [0.15, 0.2) is 0 Å². The molecule has 6 nitrogen and oxygen atoms in total. The summed E-state index contributed by atoms with van der Waals surface area (Å²) in [5.74, 6) is 0.148. The Morgan fingerprint density at radius 2 is 1.67 bits per heavy atom. The third kappa shape index (κ3) is 2.38. The Labute approximate surface area is 89.7 Å². The lowest BCUT2D eigenvalue weighted by atomic mass is 10.0. The van der Waals surface area contributed by atoms with Gasteiger partial charge in [-0.05, 0) is 13.8 Å². The van der Waals surface area contributed by atoms with Gasteiger partial charge in [-0.2, -0.15) is 0 Å². The van der Waals surface area contributed by atoms with Crippen molar-refractivity contribution in [3.8, 4) is 0 Å². The van der Waals surface area contributed by atoms with E-state index in [-0.39, 0.29) is 11.9 Å². The van der Waals surface area contributed by atoms with E-state index >= 15 is 0 Å². The summed E-state index contributed by atoms with van der Waals surface area (Å²) in [5, 5.41) is 7.50. The van der Waals surface area contributed by atoms with Crippen molar-refractivity contribution in [2.45, 2.75) is 19.4 Å². The minimum Gasteiger partial charge on any atom is -0.386 e. The first kappa shape index (κ1) is 11.8. The number of nitrogens with zero attached hydrogens (tertiary/aromatic N) is 2. The summed E-state index contributed by atoms with van der Waals surface area (Å²) >= 11 is 0. The lowest BCUT2D eigenvalue weighted by Crippen LogP contribution is -2.60. The molecule has 1 heterocycles. The van der Waals surface area contributed by atoms with Crippen molar-refractivity contribution in [2.24, 2.45) is 11.5 Å². The van der Waals surface area contributed by atoms with Crippen LogP contribution in [0.2, 0.25) is 0 Å². The zero-order chi connectivity index (χ0) is 11.6. The van der Waals surface area contributed by atoms with Gasteiger partial charge in [0, 0.05) is 26.2 Å². The van der Waals surface area contributed by atoms with E-state index in [0.717, 1.165) is 0 Å². The van der Waals surface area contributed by atoms with Crippen LogP contribution in [0.4, 0.5) is 4.79 Å². The fourth-order valence-corrected chi connectivity index (χ4v) is 1.66. The molecule has 0 bridgehead atoms. The summed E-state index contributed by atoms with van der Waals surface area (Å²) < 4.78 is 0. The van der Waals surface area contributed by atoms with Crippen LogP contribution in [0.1, 0.15) is 13.8 Å². The number of piperazine rings is 1. The van der Waals surface area contributed by atoms with Crippen molar-refractivity contribution >= 4 is 11.9 Å². The number of rotatable bonds is 2. The van der Waals surface area contributed by atoms with Crippen LogP contribution in [0.15, 0.2) is 0 Å². The number of nitrogens with two attached hydrogens (primary N) is 2. The Balaban J connectivity index is 2.57. The molecule has 0 aliphatic carbocycles. The number of primary amides is 1. The molecule has 1 fully saturated rings. The van der Waals surface area contributed by atoms with Gasteiger partial charge in [-0.3, -0.25) is 10.3 Å². The van der Waals surface area contributed by atoms with Crippen LogP contribution in [0.5, 0.6) is 0 Å². The van der Waals surface area contributed by atoms with Crippen LogP contribution in [0.25, 0.3) is 0 Å². The quantitative estimate of drug-likeness (QED) is 0.421. The highest BCUT2D eigenvalue weighted by molar-refractivity contribution is 5.86. The van der Waals surface area contributed by atoms with E-state index in [0.29, 0.717) is 26.2 Å². The van der Waals surface area contributed by atoms with Crippen molar-refractivity contribution < 1.29 is 4.79 Å². The molecule has 0 radical (unpaired) electrons. The summed E-state index contributed by atoms with van der Waals surface area (Å²) in [7, 11) is 0.